The van der Waals surface area contributed by atoms with Crippen molar-refractivity contribution >= 4 is 11.9 Å². The molecule has 0 aliphatic carbocycles. The highest BCUT2D eigenvalue weighted by Crippen LogP contribution is 2.00. The third-order valence-corrected chi connectivity index (χ3v) is 2.29. The van der Waals surface area contributed by atoms with Gasteiger partial charge in [0.05, 0.1) is 5.56 Å². The minimum absolute atomic E-state index is 0.128. The van der Waals surface area contributed by atoms with Crippen molar-refractivity contribution in [1.82, 2.24) is 20.2 Å². The summed E-state index contributed by atoms with van der Waals surface area (Å²) in [5.74, 6) is 0.417. The van der Waals surface area contributed by atoms with Crippen molar-refractivity contribution in [2.75, 3.05) is 39.0 Å². The van der Waals surface area contributed by atoms with E-state index in [1.165, 1.54) is 12.4 Å². The maximum atomic E-state index is 11.6. The third kappa shape index (κ3) is 5.09. The summed E-state index contributed by atoms with van der Waals surface area (Å²) in [6.45, 7) is 4.35. The number of carbonyl (C=O) groups excluding carboxylic acids is 1. The number of nitrogens with one attached hydrogen (secondary N) is 2. The van der Waals surface area contributed by atoms with Gasteiger partial charge in [-0.25, -0.2) is 9.97 Å². The standard InChI is InChI=1S/C12H21N5O/c1-4-5-13-11(18)10-8-15-12(16-9-10)14-6-7-17(2)3/h8-9H,4-7H2,1-3H3,(H,13,18)(H,14,15,16). The largest absolute Gasteiger partial charge is 0.353 e. The van der Waals surface area contributed by atoms with Gasteiger partial charge in [-0.3, -0.25) is 4.79 Å². The Labute approximate surface area is 108 Å². The Morgan fingerprint density at radius 1 is 1.28 bits per heavy atom. The van der Waals surface area contributed by atoms with Gasteiger partial charge in [0.15, 0.2) is 0 Å². The zero-order chi connectivity index (χ0) is 13.4. The molecule has 6 heteroatoms. The van der Waals surface area contributed by atoms with Gasteiger partial charge >= 0.3 is 0 Å². The van der Waals surface area contributed by atoms with Crippen molar-refractivity contribution in [2.45, 2.75) is 13.3 Å². The summed E-state index contributed by atoms with van der Waals surface area (Å²) in [4.78, 5) is 21.9. The fraction of sp³-hybridized carbons (Fsp3) is 0.583. The van der Waals surface area contributed by atoms with E-state index in [9.17, 15) is 4.79 Å². The first-order chi connectivity index (χ1) is 8.63. The first-order valence-corrected chi connectivity index (χ1v) is 6.12. The van der Waals surface area contributed by atoms with Gasteiger partial charge in [-0.2, -0.15) is 0 Å². The molecule has 100 valence electrons. The molecule has 1 rings (SSSR count). The van der Waals surface area contributed by atoms with E-state index in [-0.39, 0.29) is 5.91 Å². The number of nitrogens with zero attached hydrogens (tertiary/aromatic N) is 3. The normalized spacial score (nSPS) is 10.4. The molecule has 1 amide bonds. The first kappa shape index (κ1) is 14.4. The topological polar surface area (TPSA) is 70.2 Å². The molecular formula is C12H21N5O. The van der Waals surface area contributed by atoms with Gasteiger partial charge < -0.3 is 15.5 Å². The van der Waals surface area contributed by atoms with Crippen LogP contribution < -0.4 is 10.6 Å². The van der Waals surface area contributed by atoms with Crippen LogP contribution in [0.15, 0.2) is 12.4 Å². The Kier molecular flexibility index (Phi) is 6.07. The summed E-state index contributed by atoms with van der Waals surface area (Å²) in [5, 5.41) is 5.87. The second-order valence-corrected chi connectivity index (χ2v) is 4.28. The van der Waals surface area contributed by atoms with E-state index < -0.39 is 0 Å². The molecule has 0 fully saturated rings. The SMILES string of the molecule is CCCNC(=O)c1cnc(NCCN(C)C)nc1. The van der Waals surface area contributed by atoms with Crippen LogP contribution in [0, 0.1) is 0 Å². The number of anilines is 1. The molecule has 18 heavy (non-hydrogen) atoms. The monoisotopic (exact) mass is 251 g/mol. The summed E-state index contributed by atoms with van der Waals surface area (Å²) in [6, 6.07) is 0. The molecule has 1 heterocycles. The summed E-state index contributed by atoms with van der Waals surface area (Å²) < 4.78 is 0. The second-order valence-electron chi connectivity index (χ2n) is 4.28. The molecule has 1 aromatic heterocycles. The molecule has 0 radical (unpaired) electrons. The number of hydrogen-bond acceptors (Lipinski definition) is 5. The Hall–Kier alpha value is -1.69. The quantitative estimate of drug-likeness (QED) is 0.742. The fourth-order valence-corrected chi connectivity index (χ4v) is 1.27. The van der Waals surface area contributed by atoms with Crippen molar-refractivity contribution in [2.24, 2.45) is 0 Å². The van der Waals surface area contributed by atoms with E-state index >= 15 is 0 Å². The Morgan fingerprint density at radius 3 is 2.50 bits per heavy atom. The van der Waals surface area contributed by atoms with Crippen LogP contribution in [0.25, 0.3) is 0 Å². The molecule has 0 unspecified atom stereocenters. The summed E-state index contributed by atoms with van der Waals surface area (Å²) >= 11 is 0. The number of rotatable bonds is 7. The van der Waals surface area contributed by atoms with E-state index in [0.29, 0.717) is 18.1 Å². The van der Waals surface area contributed by atoms with Crippen LogP contribution in [0.1, 0.15) is 23.7 Å². The first-order valence-electron chi connectivity index (χ1n) is 6.12. The smallest absolute Gasteiger partial charge is 0.254 e. The second kappa shape index (κ2) is 7.60. The third-order valence-electron chi connectivity index (χ3n) is 2.29. The lowest BCUT2D eigenvalue weighted by atomic mass is 10.3. The van der Waals surface area contributed by atoms with Crippen molar-refractivity contribution in [1.29, 1.82) is 0 Å². The van der Waals surface area contributed by atoms with Gasteiger partial charge in [-0.1, -0.05) is 6.92 Å². The van der Waals surface area contributed by atoms with Crippen LogP contribution >= 0.6 is 0 Å². The zero-order valence-electron chi connectivity index (χ0n) is 11.2. The van der Waals surface area contributed by atoms with Crippen molar-refractivity contribution in [3.63, 3.8) is 0 Å². The van der Waals surface area contributed by atoms with Crippen LogP contribution in [0.4, 0.5) is 5.95 Å². The maximum Gasteiger partial charge on any atom is 0.254 e. The van der Waals surface area contributed by atoms with E-state index in [4.69, 9.17) is 0 Å². The molecular weight excluding hydrogens is 230 g/mol. The van der Waals surface area contributed by atoms with E-state index in [2.05, 4.69) is 25.5 Å². The molecule has 0 saturated heterocycles. The molecule has 0 bridgehead atoms. The molecule has 1 aromatic rings. The van der Waals surface area contributed by atoms with E-state index in [0.717, 1.165) is 19.5 Å². The lowest BCUT2D eigenvalue weighted by Gasteiger charge is -2.10. The summed E-state index contributed by atoms with van der Waals surface area (Å²) in [7, 11) is 4.01. The van der Waals surface area contributed by atoms with Gasteiger partial charge in [0.25, 0.3) is 5.91 Å². The maximum absolute atomic E-state index is 11.6. The van der Waals surface area contributed by atoms with Gasteiger partial charge in [0.2, 0.25) is 5.95 Å². The molecule has 0 aliphatic heterocycles. The number of hydrogen-bond donors (Lipinski definition) is 2. The molecule has 0 spiro atoms. The molecule has 2 N–H and O–H groups in total. The molecule has 0 saturated carbocycles. The average Bonchev–Trinajstić information content (AvgIpc) is 2.36. The average molecular weight is 251 g/mol. The molecule has 0 aromatic carbocycles. The summed E-state index contributed by atoms with van der Waals surface area (Å²) in [6.07, 6.45) is 3.99. The zero-order valence-corrected chi connectivity index (χ0v) is 11.2. The van der Waals surface area contributed by atoms with Crippen molar-refractivity contribution < 1.29 is 4.79 Å². The molecule has 6 nitrogen and oxygen atoms in total. The van der Waals surface area contributed by atoms with Crippen molar-refractivity contribution in [3.05, 3.63) is 18.0 Å². The Bertz CT molecular complexity index is 363. The number of amides is 1. The predicted octanol–water partition coefficient (Wildman–Crippen LogP) is 0.590. The van der Waals surface area contributed by atoms with E-state index in [1.54, 1.807) is 0 Å². The van der Waals surface area contributed by atoms with Gasteiger partial charge in [0.1, 0.15) is 0 Å². The fourth-order valence-electron chi connectivity index (χ4n) is 1.27. The highest BCUT2D eigenvalue weighted by Gasteiger charge is 2.05. The van der Waals surface area contributed by atoms with Crippen LogP contribution in [0.5, 0.6) is 0 Å². The van der Waals surface area contributed by atoms with Gasteiger partial charge in [-0.15, -0.1) is 0 Å². The number of aromatic nitrogens is 2. The van der Waals surface area contributed by atoms with Crippen LogP contribution in [0.3, 0.4) is 0 Å². The van der Waals surface area contributed by atoms with E-state index in [1.807, 2.05) is 21.0 Å². The van der Waals surface area contributed by atoms with Crippen LogP contribution in [0.2, 0.25) is 0 Å². The van der Waals surface area contributed by atoms with Gasteiger partial charge in [-0.05, 0) is 20.5 Å². The lowest BCUT2D eigenvalue weighted by Crippen LogP contribution is -2.24. The van der Waals surface area contributed by atoms with Gasteiger partial charge in [0, 0.05) is 32.0 Å². The lowest BCUT2D eigenvalue weighted by molar-refractivity contribution is 0.0953. The summed E-state index contributed by atoms with van der Waals surface area (Å²) in [5.41, 5.74) is 0.488. The predicted molar refractivity (Wildman–Crippen MR) is 71.7 cm³/mol. The van der Waals surface area contributed by atoms with Crippen LogP contribution in [-0.4, -0.2) is 54.5 Å². The Balaban J connectivity index is 2.44. The highest BCUT2D eigenvalue weighted by molar-refractivity contribution is 5.93. The van der Waals surface area contributed by atoms with Crippen molar-refractivity contribution in [3.8, 4) is 0 Å². The highest BCUT2D eigenvalue weighted by atomic mass is 16.1. The minimum Gasteiger partial charge on any atom is -0.353 e. The Morgan fingerprint density at radius 2 is 1.94 bits per heavy atom. The molecule has 0 atom stereocenters. The minimum atomic E-state index is -0.128. The molecule has 0 aliphatic rings. The number of likely N-dealkylation sites (N-methyl/N-ethyl adjacent to an activating group) is 1. The number of carbonyl (C=O) groups is 1. The van der Waals surface area contributed by atoms with Crippen LogP contribution in [-0.2, 0) is 0 Å².